The largest absolute Gasteiger partial charge is 0.462 e. The van der Waals surface area contributed by atoms with Gasteiger partial charge in [-0.1, -0.05) is 0 Å². The molecule has 1 aliphatic rings. The van der Waals surface area contributed by atoms with Gasteiger partial charge in [0.1, 0.15) is 19.5 Å². The minimum atomic E-state index is -0.363. The van der Waals surface area contributed by atoms with Crippen LogP contribution in [0.4, 0.5) is 5.95 Å². The summed E-state index contributed by atoms with van der Waals surface area (Å²) in [5.41, 5.74) is 5.33. The summed E-state index contributed by atoms with van der Waals surface area (Å²) in [7, 11) is 0. The number of esters is 1. The molecule has 0 aromatic carbocycles. The van der Waals surface area contributed by atoms with E-state index < -0.39 is 0 Å². The van der Waals surface area contributed by atoms with Crippen LogP contribution in [0.2, 0.25) is 0 Å². The lowest BCUT2D eigenvalue weighted by Crippen LogP contribution is -2.21. The van der Waals surface area contributed by atoms with Crippen molar-refractivity contribution in [2.45, 2.75) is 38.5 Å². The quantitative estimate of drug-likeness (QED) is 0.743. The van der Waals surface area contributed by atoms with Crippen molar-refractivity contribution in [3.05, 3.63) is 6.33 Å². The zero-order valence-electron chi connectivity index (χ0n) is 9.70. The molecule has 0 saturated carbocycles. The van der Waals surface area contributed by atoms with E-state index >= 15 is 0 Å². The fourth-order valence-corrected chi connectivity index (χ4v) is 1.76. The highest BCUT2D eigenvalue weighted by atomic mass is 16.6. The van der Waals surface area contributed by atoms with E-state index in [0.717, 1.165) is 12.8 Å². The van der Waals surface area contributed by atoms with Gasteiger partial charge in [-0.05, 0) is 19.8 Å². The minimum Gasteiger partial charge on any atom is -0.462 e. The molecule has 17 heavy (non-hydrogen) atoms. The second kappa shape index (κ2) is 5.13. The summed E-state index contributed by atoms with van der Waals surface area (Å²) in [5, 5.41) is 3.79. The second-order valence-electron chi connectivity index (χ2n) is 4.13. The number of anilines is 1. The molecule has 2 unspecified atom stereocenters. The number of carbonyl (C=O) groups is 1. The van der Waals surface area contributed by atoms with Gasteiger partial charge in [-0.25, -0.2) is 9.67 Å². The minimum absolute atomic E-state index is 0.0203. The first-order chi connectivity index (χ1) is 8.13. The number of nitrogen functional groups attached to an aromatic ring is 1. The molecule has 7 heteroatoms. The molecule has 1 saturated heterocycles. The number of nitrogens with two attached hydrogens (primary N) is 1. The lowest BCUT2D eigenvalue weighted by molar-refractivity contribution is -0.148. The lowest BCUT2D eigenvalue weighted by Gasteiger charge is -2.11. The molecule has 0 bridgehead atoms. The Morgan fingerprint density at radius 2 is 2.53 bits per heavy atom. The van der Waals surface area contributed by atoms with E-state index in [0.29, 0.717) is 6.61 Å². The molecule has 1 aromatic heterocycles. The molecule has 2 heterocycles. The van der Waals surface area contributed by atoms with Gasteiger partial charge in [0, 0.05) is 0 Å². The van der Waals surface area contributed by atoms with Crippen LogP contribution in [-0.4, -0.2) is 39.5 Å². The van der Waals surface area contributed by atoms with Gasteiger partial charge in [0.15, 0.2) is 0 Å². The second-order valence-corrected chi connectivity index (χ2v) is 4.13. The Morgan fingerprint density at radius 1 is 1.71 bits per heavy atom. The topological polar surface area (TPSA) is 92.3 Å². The van der Waals surface area contributed by atoms with Crippen molar-refractivity contribution in [2.75, 3.05) is 12.3 Å². The van der Waals surface area contributed by atoms with E-state index in [2.05, 4.69) is 10.1 Å². The van der Waals surface area contributed by atoms with Crippen LogP contribution in [0.1, 0.15) is 19.8 Å². The summed E-state index contributed by atoms with van der Waals surface area (Å²) in [6, 6.07) is 0. The molecular weight excluding hydrogens is 224 g/mol. The molecule has 0 radical (unpaired) electrons. The van der Waals surface area contributed by atoms with Crippen LogP contribution in [0.5, 0.6) is 0 Å². The Bertz CT molecular complexity index is 393. The number of ether oxygens (including phenoxy) is 2. The highest BCUT2D eigenvalue weighted by Crippen LogP contribution is 2.19. The van der Waals surface area contributed by atoms with E-state index in [9.17, 15) is 4.79 Å². The van der Waals surface area contributed by atoms with Gasteiger partial charge in [-0.15, -0.1) is 5.10 Å². The van der Waals surface area contributed by atoms with Crippen LogP contribution < -0.4 is 5.73 Å². The van der Waals surface area contributed by atoms with Crippen LogP contribution in [0.25, 0.3) is 0 Å². The normalized spacial score (nSPS) is 23.8. The van der Waals surface area contributed by atoms with Crippen LogP contribution in [0, 0.1) is 0 Å². The van der Waals surface area contributed by atoms with Crippen molar-refractivity contribution in [3.63, 3.8) is 0 Å². The third-order valence-corrected chi connectivity index (χ3v) is 2.60. The predicted molar refractivity (Wildman–Crippen MR) is 59.0 cm³/mol. The summed E-state index contributed by atoms with van der Waals surface area (Å²) in [4.78, 5) is 15.2. The summed E-state index contributed by atoms with van der Waals surface area (Å²) >= 11 is 0. The highest BCUT2D eigenvalue weighted by Gasteiger charge is 2.23. The smallest absolute Gasteiger partial charge is 0.327 e. The molecule has 7 nitrogen and oxygen atoms in total. The van der Waals surface area contributed by atoms with Crippen molar-refractivity contribution in [2.24, 2.45) is 0 Å². The van der Waals surface area contributed by atoms with E-state index in [4.69, 9.17) is 15.2 Å². The van der Waals surface area contributed by atoms with E-state index in [1.54, 1.807) is 0 Å². The molecule has 1 aliphatic heterocycles. The van der Waals surface area contributed by atoms with Gasteiger partial charge in [-0.3, -0.25) is 4.79 Å². The first-order valence-corrected chi connectivity index (χ1v) is 5.59. The summed E-state index contributed by atoms with van der Waals surface area (Å²) in [6.07, 6.45) is 3.63. The molecule has 1 fully saturated rings. The van der Waals surface area contributed by atoms with Crippen molar-refractivity contribution in [1.29, 1.82) is 0 Å². The standard InChI is InChI=1S/C10H16N4O3/c1-7-2-3-8(17-7)5-16-9(15)4-14-6-12-10(11)13-14/h6-8H,2-5H2,1H3,(H2,11,13). The Morgan fingerprint density at radius 3 is 3.12 bits per heavy atom. The van der Waals surface area contributed by atoms with Gasteiger partial charge in [0.25, 0.3) is 0 Å². The van der Waals surface area contributed by atoms with E-state index in [1.165, 1.54) is 11.0 Å². The number of hydrogen-bond donors (Lipinski definition) is 1. The summed E-state index contributed by atoms with van der Waals surface area (Å²) < 4.78 is 12.0. The first-order valence-electron chi connectivity index (χ1n) is 5.59. The molecule has 94 valence electrons. The SMILES string of the molecule is CC1CCC(COC(=O)Cn2cnc(N)n2)O1. The molecule has 2 rings (SSSR count). The number of hydrogen-bond acceptors (Lipinski definition) is 6. The zero-order valence-corrected chi connectivity index (χ0v) is 9.70. The van der Waals surface area contributed by atoms with E-state index in [-0.39, 0.29) is 30.7 Å². The van der Waals surface area contributed by atoms with Gasteiger partial charge in [0.05, 0.1) is 12.2 Å². The first kappa shape index (κ1) is 11.8. The number of carbonyl (C=O) groups excluding carboxylic acids is 1. The van der Waals surface area contributed by atoms with Crippen molar-refractivity contribution in [3.8, 4) is 0 Å². The Balaban J connectivity index is 1.71. The number of rotatable bonds is 4. The Hall–Kier alpha value is -1.63. The molecule has 0 aliphatic carbocycles. The Kier molecular flexibility index (Phi) is 3.58. The monoisotopic (exact) mass is 240 g/mol. The average molecular weight is 240 g/mol. The van der Waals surface area contributed by atoms with Crippen molar-refractivity contribution >= 4 is 11.9 Å². The third kappa shape index (κ3) is 3.42. The maximum absolute atomic E-state index is 11.5. The Labute approximate surface area is 98.9 Å². The third-order valence-electron chi connectivity index (χ3n) is 2.60. The van der Waals surface area contributed by atoms with Crippen molar-refractivity contribution < 1.29 is 14.3 Å². The summed E-state index contributed by atoms with van der Waals surface area (Å²) in [5.74, 6) is -0.219. The molecule has 0 amide bonds. The maximum Gasteiger partial charge on any atom is 0.327 e. The molecule has 2 N–H and O–H groups in total. The fraction of sp³-hybridized carbons (Fsp3) is 0.700. The fourth-order valence-electron chi connectivity index (χ4n) is 1.76. The van der Waals surface area contributed by atoms with E-state index in [1.807, 2.05) is 6.92 Å². The van der Waals surface area contributed by atoms with Crippen LogP contribution in [0.15, 0.2) is 6.33 Å². The zero-order chi connectivity index (χ0) is 12.3. The van der Waals surface area contributed by atoms with Crippen molar-refractivity contribution in [1.82, 2.24) is 14.8 Å². The number of nitrogens with zero attached hydrogens (tertiary/aromatic N) is 3. The summed E-state index contributed by atoms with van der Waals surface area (Å²) in [6.45, 7) is 2.33. The average Bonchev–Trinajstić information content (AvgIpc) is 2.85. The van der Waals surface area contributed by atoms with Gasteiger partial charge >= 0.3 is 5.97 Å². The molecule has 2 atom stereocenters. The van der Waals surface area contributed by atoms with Gasteiger partial charge in [-0.2, -0.15) is 0 Å². The predicted octanol–water partition coefficient (Wildman–Crippen LogP) is -0.0290. The van der Waals surface area contributed by atoms with Gasteiger partial charge in [0.2, 0.25) is 5.95 Å². The highest BCUT2D eigenvalue weighted by molar-refractivity contribution is 5.69. The van der Waals surface area contributed by atoms with Crippen LogP contribution in [0.3, 0.4) is 0 Å². The molecule has 0 spiro atoms. The molecular formula is C10H16N4O3. The number of aromatic nitrogens is 3. The van der Waals surface area contributed by atoms with Gasteiger partial charge < -0.3 is 15.2 Å². The lowest BCUT2D eigenvalue weighted by atomic mass is 10.2. The van der Waals surface area contributed by atoms with Crippen LogP contribution >= 0.6 is 0 Å². The maximum atomic E-state index is 11.5. The van der Waals surface area contributed by atoms with Crippen LogP contribution in [-0.2, 0) is 20.8 Å². The molecule has 1 aromatic rings.